The molecule has 7 nitrogen and oxygen atoms in total. The normalized spacial score (nSPS) is 14.5. The molecule has 8 heteroatoms. The van der Waals surface area contributed by atoms with Crippen molar-refractivity contribution < 1.29 is 4.39 Å². The van der Waals surface area contributed by atoms with Crippen LogP contribution < -0.4 is 5.32 Å². The topological polar surface area (TPSA) is 84.3 Å². The number of hydrogen-bond acceptors (Lipinski definition) is 5. The van der Waals surface area contributed by atoms with Crippen LogP contribution in [0, 0.1) is 5.82 Å². The number of nitrogens with one attached hydrogen (secondary N) is 2. The molecule has 0 saturated heterocycles. The Morgan fingerprint density at radius 1 is 1.06 bits per heavy atom. The molecule has 0 amide bonds. The minimum absolute atomic E-state index is 0.257. The third-order valence-electron chi connectivity index (χ3n) is 6.01. The van der Waals surface area contributed by atoms with Crippen molar-refractivity contribution in [3.8, 4) is 22.6 Å². The maximum absolute atomic E-state index is 13.5. The van der Waals surface area contributed by atoms with E-state index in [4.69, 9.17) is 9.97 Å². The molecule has 1 aromatic carbocycles. The second kappa shape index (κ2) is 9.30. The first-order chi connectivity index (χ1) is 15.8. The highest BCUT2D eigenvalue weighted by molar-refractivity contribution is 5.77. The van der Waals surface area contributed by atoms with Gasteiger partial charge in [-0.3, -0.25) is 0 Å². The zero-order chi connectivity index (χ0) is 21.8. The molecule has 5 rings (SSSR count). The molecule has 0 spiro atoms. The highest BCUT2D eigenvalue weighted by Crippen LogP contribution is 2.37. The average Bonchev–Trinajstić information content (AvgIpc) is 3.51. The molecular weight excluding hydrogens is 405 g/mol. The van der Waals surface area contributed by atoms with Crippen LogP contribution in [-0.4, -0.2) is 36.0 Å². The van der Waals surface area contributed by atoms with Crippen molar-refractivity contribution in [1.82, 2.24) is 29.5 Å². The number of aromatic nitrogens is 6. The Morgan fingerprint density at radius 3 is 2.69 bits per heavy atom. The molecular formula is C24H26FN7. The van der Waals surface area contributed by atoms with E-state index < -0.39 is 0 Å². The molecule has 164 valence electrons. The molecule has 1 aliphatic rings. The van der Waals surface area contributed by atoms with Crippen molar-refractivity contribution in [3.05, 3.63) is 66.9 Å². The van der Waals surface area contributed by atoms with Crippen LogP contribution in [0.15, 0.2) is 55.4 Å². The van der Waals surface area contributed by atoms with Gasteiger partial charge in [0.15, 0.2) is 0 Å². The van der Waals surface area contributed by atoms with Crippen LogP contribution in [0.4, 0.5) is 10.3 Å². The van der Waals surface area contributed by atoms with Crippen LogP contribution in [0.3, 0.4) is 0 Å². The molecule has 1 fully saturated rings. The summed E-state index contributed by atoms with van der Waals surface area (Å²) in [4.78, 5) is 21.1. The van der Waals surface area contributed by atoms with Gasteiger partial charge in [0.05, 0.1) is 29.7 Å². The van der Waals surface area contributed by atoms with Gasteiger partial charge in [-0.05, 0) is 43.2 Å². The van der Waals surface area contributed by atoms with Crippen molar-refractivity contribution in [2.75, 3.05) is 11.9 Å². The summed E-state index contributed by atoms with van der Waals surface area (Å²) in [7, 11) is 0. The number of halogens is 1. The van der Waals surface area contributed by atoms with Gasteiger partial charge in [0.2, 0.25) is 5.95 Å². The Kier molecular flexibility index (Phi) is 5.91. The van der Waals surface area contributed by atoms with Gasteiger partial charge in [-0.2, -0.15) is 0 Å². The lowest BCUT2D eigenvalue weighted by Crippen LogP contribution is -2.14. The van der Waals surface area contributed by atoms with Gasteiger partial charge in [0.1, 0.15) is 5.82 Å². The summed E-state index contributed by atoms with van der Waals surface area (Å²) < 4.78 is 15.8. The first kappa shape index (κ1) is 20.4. The van der Waals surface area contributed by atoms with E-state index in [1.807, 2.05) is 18.6 Å². The molecule has 0 radical (unpaired) electrons. The summed E-state index contributed by atoms with van der Waals surface area (Å²) in [5.41, 5.74) is 4.53. The number of nitrogens with zero attached hydrogens (tertiary/aromatic N) is 5. The van der Waals surface area contributed by atoms with Crippen LogP contribution in [-0.2, 0) is 6.42 Å². The highest BCUT2D eigenvalue weighted by Gasteiger charge is 2.23. The molecule has 0 aliphatic heterocycles. The smallest absolute Gasteiger partial charge is 0.223 e. The maximum atomic E-state index is 13.5. The molecule has 3 aromatic heterocycles. The average molecular weight is 432 g/mol. The van der Waals surface area contributed by atoms with E-state index in [2.05, 4.69) is 24.8 Å². The number of rotatable bonds is 7. The number of H-pyrrole nitrogens is 1. The zero-order valence-corrected chi connectivity index (χ0v) is 17.8. The summed E-state index contributed by atoms with van der Waals surface area (Å²) >= 11 is 0. The van der Waals surface area contributed by atoms with Crippen molar-refractivity contribution in [1.29, 1.82) is 0 Å². The molecule has 1 saturated carbocycles. The van der Waals surface area contributed by atoms with Gasteiger partial charge in [0, 0.05) is 42.7 Å². The van der Waals surface area contributed by atoms with Crippen molar-refractivity contribution in [2.24, 2.45) is 0 Å². The predicted molar refractivity (Wildman–Crippen MR) is 122 cm³/mol. The second-order valence-electron chi connectivity index (χ2n) is 8.17. The number of aromatic amines is 1. The minimum Gasteiger partial charge on any atom is -0.354 e. The van der Waals surface area contributed by atoms with Gasteiger partial charge >= 0.3 is 0 Å². The van der Waals surface area contributed by atoms with Crippen molar-refractivity contribution >= 4 is 5.95 Å². The summed E-state index contributed by atoms with van der Waals surface area (Å²) in [6, 6.07) is 8.81. The Balaban J connectivity index is 1.47. The quantitative estimate of drug-likeness (QED) is 0.429. The summed E-state index contributed by atoms with van der Waals surface area (Å²) in [6.07, 6.45) is 14.0. The van der Waals surface area contributed by atoms with E-state index in [0.717, 1.165) is 47.6 Å². The molecule has 0 atom stereocenters. The molecule has 3 heterocycles. The Morgan fingerprint density at radius 2 is 1.91 bits per heavy atom. The first-order valence-corrected chi connectivity index (χ1v) is 11.2. The van der Waals surface area contributed by atoms with Gasteiger partial charge in [-0.25, -0.2) is 24.3 Å². The first-order valence-electron chi connectivity index (χ1n) is 11.2. The van der Waals surface area contributed by atoms with E-state index in [1.165, 1.54) is 31.4 Å². The molecule has 2 N–H and O–H groups in total. The maximum Gasteiger partial charge on any atom is 0.223 e. The van der Waals surface area contributed by atoms with E-state index in [0.29, 0.717) is 18.5 Å². The summed E-state index contributed by atoms with van der Waals surface area (Å²) in [5, 5.41) is 3.30. The number of benzene rings is 1. The van der Waals surface area contributed by atoms with Gasteiger partial charge < -0.3 is 14.9 Å². The van der Waals surface area contributed by atoms with Crippen LogP contribution in [0.2, 0.25) is 0 Å². The fraction of sp³-hybridized carbons (Fsp3) is 0.333. The van der Waals surface area contributed by atoms with Crippen molar-refractivity contribution in [3.63, 3.8) is 0 Å². The number of anilines is 1. The highest BCUT2D eigenvalue weighted by atomic mass is 19.1. The molecule has 4 aromatic rings. The van der Waals surface area contributed by atoms with E-state index in [-0.39, 0.29) is 5.82 Å². The lowest BCUT2D eigenvalue weighted by atomic mass is 9.95. The van der Waals surface area contributed by atoms with Crippen molar-refractivity contribution in [2.45, 2.75) is 44.6 Å². The molecule has 32 heavy (non-hydrogen) atoms. The van der Waals surface area contributed by atoms with Crippen LogP contribution in [0.5, 0.6) is 0 Å². The lowest BCUT2D eigenvalue weighted by molar-refractivity contribution is 0.355. The Labute approximate surface area is 186 Å². The van der Waals surface area contributed by atoms with Crippen LogP contribution in [0.25, 0.3) is 22.6 Å². The van der Waals surface area contributed by atoms with Crippen LogP contribution in [0.1, 0.15) is 43.8 Å². The van der Waals surface area contributed by atoms with E-state index in [9.17, 15) is 4.39 Å². The van der Waals surface area contributed by atoms with Gasteiger partial charge in [-0.1, -0.05) is 19.3 Å². The van der Waals surface area contributed by atoms with Gasteiger partial charge in [0.25, 0.3) is 0 Å². The monoisotopic (exact) mass is 431 g/mol. The third kappa shape index (κ3) is 4.39. The number of imidazole rings is 2. The summed E-state index contributed by atoms with van der Waals surface area (Å²) in [5.74, 6) is 0.316. The summed E-state index contributed by atoms with van der Waals surface area (Å²) in [6.45, 7) is 0.693. The van der Waals surface area contributed by atoms with E-state index in [1.54, 1.807) is 24.7 Å². The van der Waals surface area contributed by atoms with Crippen LogP contribution >= 0.6 is 0 Å². The Bertz CT molecular complexity index is 1150. The fourth-order valence-corrected chi connectivity index (χ4v) is 4.38. The lowest BCUT2D eigenvalue weighted by Gasteiger charge is -2.25. The van der Waals surface area contributed by atoms with Gasteiger partial charge in [-0.15, -0.1) is 0 Å². The zero-order valence-electron chi connectivity index (χ0n) is 17.8. The number of hydrogen-bond donors (Lipinski definition) is 2. The standard InChI is InChI=1S/C24H26FN7/c25-18-8-6-17(7-9-18)22-23(32(16-30-22)20-4-2-1-3-5-20)21-11-13-28-24(31-21)27-12-10-19-14-26-15-29-19/h6-9,11,13-16,20H,1-5,10,12H2,(H,26,29)(H,27,28,31). The predicted octanol–water partition coefficient (Wildman–Crippen LogP) is 5.03. The molecule has 0 bridgehead atoms. The SMILES string of the molecule is Fc1ccc(-c2ncn(C3CCCCC3)c2-c2ccnc(NCCc3cnc[nH]3)n2)cc1. The molecule has 1 aliphatic carbocycles. The largest absolute Gasteiger partial charge is 0.354 e. The molecule has 0 unspecified atom stereocenters. The van der Waals surface area contributed by atoms with E-state index >= 15 is 0 Å². The third-order valence-corrected chi connectivity index (χ3v) is 6.01. The Hall–Kier alpha value is -3.55. The fourth-order valence-electron chi connectivity index (χ4n) is 4.38. The second-order valence-corrected chi connectivity index (χ2v) is 8.17. The minimum atomic E-state index is -0.257.